The molecule has 1 heterocycles. The summed E-state index contributed by atoms with van der Waals surface area (Å²) in [5, 5.41) is 20.4. The lowest BCUT2D eigenvalue weighted by Gasteiger charge is -2.09. The van der Waals surface area contributed by atoms with E-state index in [0.717, 1.165) is 17.1 Å². The summed E-state index contributed by atoms with van der Waals surface area (Å²) in [6.45, 7) is 3.72. The zero-order valence-corrected chi connectivity index (χ0v) is 13.2. The monoisotopic (exact) mass is 324 g/mol. The Kier molecular flexibility index (Phi) is 4.70. The van der Waals surface area contributed by atoms with E-state index >= 15 is 0 Å². The molecular weight excluding hydrogens is 308 g/mol. The van der Waals surface area contributed by atoms with Gasteiger partial charge in [0.05, 0.1) is 0 Å². The van der Waals surface area contributed by atoms with Gasteiger partial charge < -0.3 is 15.4 Å². The minimum Gasteiger partial charge on any atom is -0.508 e. The van der Waals surface area contributed by atoms with E-state index in [-0.39, 0.29) is 11.3 Å². The molecule has 0 radical (unpaired) electrons. The van der Waals surface area contributed by atoms with Crippen LogP contribution in [-0.4, -0.2) is 21.6 Å². The number of urea groups is 1. The van der Waals surface area contributed by atoms with Gasteiger partial charge in [0.25, 0.3) is 5.91 Å². The molecule has 0 atom stereocenters. The lowest BCUT2D eigenvalue weighted by atomic mass is 10.1. The highest BCUT2D eigenvalue weighted by molar-refractivity contribution is 6.08. The van der Waals surface area contributed by atoms with Crippen LogP contribution in [0.15, 0.2) is 35.9 Å². The van der Waals surface area contributed by atoms with Crippen molar-refractivity contribution in [2.24, 2.45) is 5.73 Å². The first-order chi connectivity index (χ1) is 11.3. The molecule has 2 rings (SSSR count). The first kappa shape index (κ1) is 16.8. The van der Waals surface area contributed by atoms with Gasteiger partial charge in [0.15, 0.2) is 0 Å². The van der Waals surface area contributed by atoms with Gasteiger partial charge in [-0.2, -0.15) is 5.26 Å². The fourth-order valence-corrected chi connectivity index (χ4v) is 2.42. The Morgan fingerprint density at radius 3 is 2.46 bits per heavy atom. The van der Waals surface area contributed by atoms with E-state index in [0.29, 0.717) is 5.56 Å². The third kappa shape index (κ3) is 3.44. The van der Waals surface area contributed by atoms with Crippen LogP contribution in [0, 0.1) is 25.2 Å². The van der Waals surface area contributed by atoms with Gasteiger partial charge in [-0.25, -0.2) is 4.79 Å². The first-order valence-corrected chi connectivity index (χ1v) is 7.04. The van der Waals surface area contributed by atoms with Crippen LogP contribution >= 0.6 is 0 Å². The van der Waals surface area contributed by atoms with Crippen molar-refractivity contribution in [2.45, 2.75) is 13.8 Å². The minimum absolute atomic E-state index is 0.163. The van der Waals surface area contributed by atoms with Crippen LogP contribution in [-0.2, 0) is 4.79 Å². The van der Waals surface area contributed by atoms with Gasteiger partial charge >= 0.3 is 6.03 Å². The Balaban J connectivity index is 2.46. The molecule has 7 heteroatoms. The normalized spacial score (nSPS) is 11.0. The molecule has 7 nitrogen and oxygen atoms in total. The molecule has 0 aliphatic heterocycles. The number of carbonyl (C=O) groups excluding carboxylic acids is 2. The molecular formula is C17H16N4O3. The largest absolute Gasteiger partial charge is 0.508 e. The topological polar surface area (TPSA) is 121 Å². The number of nitrogens with one attached hydrogen (secondary N) is 1. The Morgan fingerprint density at radius 1 is 1.29 bits per heavy atom. The van der Waals surface area contributed by atoms with Crippen molar-refractivity contribution in [3.63, 3.8) is 0 Å². The van der Waals surface area contributed by atoms with Crippen LogP contribution < -0.4 is 11.1 Å². The Hall–Kier alpha value is -3.53. The van der Waals surface area contributed by atoms with Crippen molar-refractivity contribution < 1.29 is 14.7 Å². The second kappa shape index (κ2) is 6.71. The van der Waals surface area contributed by atoms with Crippen LogP contribution in [0.4, 0.5) is 4.79 Å². The molecule has 0 unspecified atom stereocenters. The first-order valence-electron chi connectivity index (χ1n) is 7.04. The van der Waals surface area contributed by atoms with Crippen molar-refractivity contribution in [3.8, 4) is 17.5 Å². The van der Waals surface area contributed by atoms with Gasteiger partial charge in [-0.1, -0.05) is 0 Å². The number of carbonyl (C=O) groups is 2. The molecule has 0 saturated heterocycles. The summed E-state index contributed by atoms with van der Waals surface area (Å²) in [6.07, 6.45) is 1.40. The summed E-state index contributed by atoms with van der Waals surface area (Å²) in [4.78, 5) is 22.5. The Labute approximate surface area is 138 Å². The van der Waals surface area contributed by atoms with Crippen LogP contribution in [0.1, 0.15) is 17.0 Å². The number of aromatic hydroxyl groups is 1. The third-order valence-corrected chi connectivity index (χ3v) is 3.48. The van der Waals surface area contributed by atoms with Crippen LogP contribution in [0.3, 0.4) is 0 Å². The van der Waals surface area contributed by atoms with Gasteiger partial charge in [-0.05, 0) is 55.8 Å². The number of imide groups is 1. The zero-order chi connectivity index (χ0) is 17.9. The molecule has 24 heavy (non-hydrogen) atoms. The van der Waals surface area contributed by atoms with Crippen LogP contribution in [0.2, 0.25) is 0 Å². The molecule has 0 fully saturated rings. The molecule has 3 amide bonds. The lowest BCUT2D eigenvalue weighted by Crippen LogP contribution is -2.35. The van der Waals surface area contributed by atoms with Crippen molar-refractivity contribution in [3.05, 3.63) is 52.9 Å². The molecule has 1 aromatic carbocycles. The number of aryl methyl sites for hydroxylation is 1. The molecule has 0 aliphatic carbocycles. The number of phenols is 1. The van der Waals surface area contributed by atoms with Gasteiger partial charge in [0, 0.05) is 17.1 Å². The average Bonchev–Trinajstić information content (AvgIpc) is 2.79. The predicted molar refractivity (Wildman–Crippen MR) is 88.2 cm³/mol. The van der Waals surface area contributed by atoms with Gasteiger partial charge in [-0.3, -0.25) is 10.1 Å². The maximum atomic E-state index is 11.8. The standard InChI is InChI=1S/C17H16N4O3/c1-10-7-12(8-13(9-18)16(23)20-17(19)24)11(2)21(10)14-3-5-15(22)6-4-14/h3-8,22H,1-2H3,(H3,19,20,23,24)/b13-8-. The SMILES string of the molecule is Cc1cc(/C=C(/C#N)C(=O)NC(N)=O)c(C)n1-c1ccc(O)cc1. The minimum atomic E-state index is -1.02. The Bertz CT molecular complexity index is 870. The number of phenolic OH excluding ortho intramolecular Hbond substituents is 1. The van der Waals surface area contributed by atoms with Gasteiger partial charge in [-0.15, -0.1) is 0 Å². The number of hydrogen-bond acceptors (Lipinski definition) is 4. The number of amides is 3. The van der Waals surface area contributed by atoms with E-state index in [1.807, 2.05) is 29.8 Å². The Morgan fingerprint density at radius 2 is 1.92 bits per heavy atom. The van der Waals surface area contributed by atoms with Crippen molar-refractivity contribution in [1.82, 2.24) is 9.88 Å². The fraction of sp³-hybridized carbons (Fsp3) is 0.118. The number of nitrogens with zero attached hydrogens (tertiary/aromatic N) is 2. The summed E-state index contributed by atoms with van der Waals surface area (Å²) in [6, 6.07) is 9.22. The molecule has 2 aromatic rings. The summed E-state index contributed by atoms with van der Waals surface area (Å²) >= 11 is 0. The number of nitriles is 1. The predicted octanol–water partition coefficient (Wildman–Crippen LogP) is 1.90. The molecule has 1 aromatic heterocycles. The fourth-order valence-electron chi connectivity index (χ4n) is 2.42. The molecule has 0 saturated carbocycles. The summed E-state index contributed by atoms with van der Waals surface area (Å²) in [7, 11) is 0. The van der Waals surface area contributed by atoms with E-state index in [2.05, 4.69) is 0 Å². The van der Waals surface area contributed by atoms with Crippen molar-refractivity contribution >= 4 is 18.0 Å². The number of nitrogens with two attached hydrogens (primary N) is 1. The highest BCUT2D eigenvalue weighted by atomic mass is 16.3. The summed E-state index contributed by atoms with van der Waals surface area (Å²) in [5.41, 5.74) is 7.86. The smallest absolute Gasteiger partial charge is 0.319 e. The number of primary amides is 1. The van der Waals surface area contributed by atoms with E-state index in [1.54, 1.807) is 30.3 Å². The third-order valence-electron chi connectivity index (χ3n) is 3.48. The highest BCUT2D eigenvalue weighted by Gasteiger charge is 2.14. The second-order valence-corrected chi connectivity index (χ2v) is 5.17. The van der Waals surface area contributed by atoms with Crippen molar-refractivity contribution in [2.75, 3.05) is 0 Å². The van der Waals surface area contributed by atoms with Gasteiger partial charge in [0.2, 0.25) is 0 Å². The number of rotatable bonds is 3. The van der Waals surface area contributed by atoms with Crippen molar-refractivity contribution in [1.29, 1.82) is 5.26 Å². The van der Waals surface area contributed by atoms with Crippen LogP contribution in [0.25, 0.3) is 11.8 Å². The second-order valence-electron chi connectivity index (χ2n) is 5.17. The average molecular weight is 324 g/mol. The highest BCUT2D eigenvalue weighted by Crippen LogP contribution is 2.24. The number of aromatic nitrogens is 1. The maximum absolute atomic E-state index is 11.8. The van der Waals surface area contributed by atoms with E-state index in [1.165, 1.54) is 6.08 Å². The molecule has 122 valence electrons. The van der Waals surface area contributed by atoms with E-state index in [9.17, 15) is 14.7 Å². The van der Waals surface area contributed by atoms with Gasteiger partial charge in [0.1, 0.15) is 17.4 Å². The molecule has 4 N–H and O–H groups in total. The van der Waals surface area contributed by atoms with Crippen LogP contribution in [0.5, 0.6) is 5.75 Å². The molecule has 0 aliphatic rings. The van der Waals surface area contributed by atoms with E-state index < -0.39 is 11.9 Å². The number of benzene rings is 1. The lowest BCUT2D eigenvalue weighted by molar-refractivity contribution is -0.115. The summed E-state index contributed by atoms with van der Waals surface area (Å²) in [5.74, 6) is -0.685. The summed E-state index contributed by atoms with van der Waals surface area (Å²) < 4.78 is 1.92. The molecule has 0 bridgehead atoms. The maximum Gasteiger partial charge on any atom is 0.319 e. The molecule has 0 spiro atoms. The zero-order valence-electron chi connectivity index (χ0n) is 13.2. The quantitative estimate of drug-likeness (QED) is 0.589. The van der Waals surface area contributed by atoms with E-state index in [4.69, 9.17) is 11.0 Å². The number of hydrogen-bond donors (Lipinski definition) is 3.